The van der Waals surface area contributed by atoms with Crippen molar-refractivity contribution in [1.29, 1.82) is 0 Å². The maximum Gasteiger partial charge on any atom is 0.0639 e. The van der Waals surface area contributed by atoms with Crippen molar-refractivity contribution in [2.45, 2.75) is 33.6 Å². The summed E-state index contributed by atoms with van der Waals surface area (Å²) >= 11 is 0. The Morgan fingerprint density at radius 3 is 1.47 bits per heavy atom. The Kier molecular flexibility index (Phi) is 97.2. The first-order valence-electron chi connectivity index (χ1n) is 4.64. The molecule has 0 aromatic rings. The van der Waals surface area contributed by atoms with Gasteiger partial charge in [0.15, 0.2) is 0 Å². The van der Waals surface area contributed by atoms with Crippen LogP contribution in [-0.4, -0.2) is 19.2 Å². The molecule has 0 aliphatic rings. The van der Waals surface area contributed by atoms with Gasteiger partial charge in [0, 0.05) is 0 Å². The highest BCUT2D eigenvalue weighted by Crippen LogP contribution is 1.86. The number of hydrogen-bond acceptors (Lipinski definition) is 4. The van der Waals surface area contributed by atoms with Gasteiger partial charge < -0.3 is 38.6 Å². The first-order chi connectivity index (χ1) is 6.60. The highest BCUT2D eigenvalue weighted by Gasteiger charge is 1.71. The van der Waals surface area contributed by atoms with Crippen molar-refractivity contribution in [1.82, 2.24) is 18.5 Å². The molecular formula is C10H31N3O4. The molecule has 0 spiro atoms. The molecule has 0 rings (SSSR count). The molecule has 0 aromatic carbocycles. The van der Waals surface area contributed by atoms with E-state index < -0.39 is 5.97 Å². The van der Waals surface area contributed by atoms with Crippen molar-refractivity contribution in [3.63, 3.8) is 0 Å². The Morgan fingerprint density at radius 2 is 1.29 bits per heavy atom. The molecule has 0 amide bonds. The molecule has 7 heteroatoms. The molecule has 0 saturated carbocycles. The topological polar surface area (TPSA) is 196 Å². The second-order valence-electron chi connectivity index (χ2n) is 2.09. The number of carbonyl (C=O) groups is 1. The van der Waals surface area contributed by atoms with Gasteiger partial charge in [-0.3, -0.25) is 0 Å². The Labute approximate surface area is 104 Å². The molecular weight excluding hydrogens is 226 g/mol. The molecule has 17 heavy (non-hydrogen) atoms. The monoisotopic (exact) mass is 257 g/mol. The summed E-state index contributed by atoms with van der Waals surface area (Å²) in [6, 6.07) is 0. The quantitative estimate of drug-likeness (QED) is 0.596. The maximum atomic E-state index is 9.68. The van der Waals surface area contributed by atoms with Crippen LogP contribution >= 0.6 is 0 Å². The minimum atomic E-state index is -1.11. The van der Waals surface area contributed by atoms with Crippen LogP contribution in [0.25, 0.3) is 0 Å². The number of hydrogen-bond donors (Lipinski definition) is 3. The van der Waals surface area contributed by atoms with E-state index in [4.69, 9.17) is 10.2 Å². The molecule has 12 N–H and O–H groups in total. The van der Waals surface area contributed by atoms with Crippen LogP contribution in [0.3, 0.4) is 0 Å². The van der Waals surface area contributed by atoms with Gasteiger partial charge in [-0.15, -0.1) is 13.2 Å². The van der Waals surface area contributed by atoms with Crippen molar-refractivity contribution in [2.75, 3.05) is 13.2 Å². The third kappa shape index (κ3) is 158. The van der Waals surface area contributed by atoms with Crippen molar-refractivity contribution < 1.29 is 20.1 Å². The zero-order valence-corrected chi connectivity index (χ0v) is 12.1. The molecule has 0 bridgehead atoms. The number of unbranched alkanes of at least 4 members (excludes halogenated alkanes) is 1. The van der Waals surface area contributed by atoms with Crippen molar-refractivity contribution in [2.24, 2.45) is 0 Å². The smallest absolute Gasteiger partial charge is 0.0639 e. The van der Waals surface area contributed by atoms with Crippen LogP contribution in [0.4, 0.5) is 0 Å². The second-order valence-corrected chi connectivity index (χ2v) is 2.09. The molecule has 7 nitrogen and oxygen atoms in total. The molecule has 0 saturated heterocycles. The van der Waals surface area contributed by atoms with Crippen LogP contribution in [-0.2, 0) is 4.79 Å². The summed E-state index contributed by atoms with van der Waals surface area (Å²) in [6.07, 6.45) is 4.44. The lowest BCUT2D eigenvalue weighted by atomic mass is 10.3. The minimum Gasteiger partial charge on any atom is -0.855 e. The Balaban J connectivity index is -0.0000000292. The van der Waals surface area contributed by atoms with E-state index in [0.717, 1.165) is 18.9 Å². The lowest BCUT2D eigenvalue weighted by Crippen LogP contribution is -2.18. The summed E-state index contributed by atoms with van der Waals surface area (Å²) in [6.45, 7) is 5.12. The number of quaternary nitrogens is 3. The number of allylic oxidation sites excluding steroid dienone is 1. The minimum absolute atomic E-state index is 0. The van der Waals surface area contributed by atoms with E-state index in [9.17, 15) is 9.90 Å². The van der Waals surface area contributed by atoms with E-state index in [0.29, 0.717) is 0 Å². The summed E-state index contributed by atoms with van der Waals surface area (Å²) < 4.78 is 0. The molecule has 110 valence electrons. The van der Waals surface area contributed by atoms with E-state index in [-0.39, 0.29) is 31.7 Å². The van der Waals surface area contributed by atoms with Gasteiger partial charge in [-0.2, -0.15) is 0 Å². The van der Waals surface area contributed by atoms with Crippen LogP contribution in [0.5, 0.6) is 0 Å². The first kappa shape index (κ1) is 36.0. The predicted octanol–water partition coefficient (Wildman–Crippen LogP) is -0.0456. The summed E-state index contributed by atoms with van der Waals surface area (Å²) in [4.78, 5) is 9.68. The highest BCUT2D eigenvalue weighted by atomic mass is 16.4. The van der Waals surface area contributed by atoms with Crippen molar-refractivity contribution in [3.05, 3.63) is 12.2 Å². The average molecular weight is 257 g/mol. The van der Waals surface area contributed by atoms with Crippen LogP contribution in [0.15, 0.2) is 12.2 Å². The Bertz CT molecular complexity index is 131. The molecule has 0 aliphatic heterocycles. The van der Waals surface area contributed by atoms with Gasteiger partial charge in [-0.05, 0) is 12.5 Å². The highest BCUT2D eigenvalue weighted by molar-refractivity contribution is 5.77. The summed E-state index contributed by atoms with van der Waals surface area (Å²) in [7, 11) is 0. The van der Waals surface area contributed by atoms with E-state index in [1.165, 1.54) is 0 Å². The van der Waals surface area contributed by atoms with Gasteiger partial charge >= 0.3 is 0 Å². The fourth-order valence-electron chi connectivity index (χ4n) is 0.346. The SMILES string of the molecule is CCCC=CC(=O)[O-].CC[O-].CC[O-].[NH4+].[NH4+].[NH4+]. The van der Waals surface area contributed by atoms with E-state index in [1.54, 1.807) is 19.9 Å². The van der Waals surface area contributed by atoms with Crippen LogP contribution in [0.1, 0.15) is 33.6 Å². The van der Waals surface area contributed by atoms with Crippen LogP contribution in [0.2, 0.25) is 0 Å². The number of carboxylic acids is 1. The van der Waals surface area contributed by atoms with Crippen LogP contribution < -0.4 is 33.8 Å². The maximum absolute atomic E-state index is 9.68. The fourth-order valence-corrected chi connectivity index (χ4v) is 0.346. The molecule has 0 unspecified atom stereocenters. The summed E-state index contributed by atoms with van der Waals surface area (Å²) in [5, 5.41) is 27.5. The predicted molar refractivity (Wildman–Crippen MR) is 68.1 cm³/mol. The Morgan fingerprint density at radius 1 is 1.00 bits per heavy atom. The second kappa shape index (κ2) is 45.9. The normalized spacial score (nSPS) is 6.88. The Hall–Kier alpha value is -0.990. The van der Waals surface area contributed by atoms with Gasteiger partial charge in [0.05, 0.1) is 5.97 Å². The van der Waals surface area contributed by atoms with Gasteiger partial charge in [-0.1, -0.05) is 33.3 Å². The van der Waals surface area contributed by atoms with E-state index in [2.05, 4.69) is 0 Å². The lowest BCUT2D eigenvalue weighted by molar-refractivity contribution is -0.362. The average Bonchev–Trinajstić information content (AvgIpc) is 2.07. The van der Waals surface area contributed by atoms with Crippen molar-refractivity contribution >= 4 is 5.97 Å². The zero-order chi connectivity index (χ0) is 11.8. The van der Waals surface area contributed by atoms with E-state index in [1.807, 2.05) is 6.92 Å². The van der Waals surface area contributed by atoms with E-state index >= 15 is 0 Å². The molecule has 0 heterocycles. The third-order valence-electron chi connectivity index (χ3n) is 0.709. The first-order valence-corrected chi connectivity index (χ1v) is 4.64. The number of aliphatic carboxylic acids is 1. The number of rotatable bonds is 3. The van der Waals surface area contributed by atoms with Gasteiger partial charge in [0.2, 0.25) is 0 Å². The largest absolute Gasteiger partial charge is 0.855 e. The van der Waals surface area contributed by atoms with Gasteiger partial charge in [0.25, 0.3) is 0 Å². The zero-order valence-electron chi connectivity index (χ0n) is 12.1. The van der Waals surface area contributed by atoms with Crippen LogP contribution in [0, 0.1) is 0 Å². The number of carboxylic acid groups (broad SMARTS) is 1. The summed E-state index contributed by atoms with van der Waals surface area (Å²) in [5.41, 5.74) is 0. The van der Waals surface area contributed by atoms with Gasteiger partial charge in [-0.25, -0.2) is 0 Å². The third-order valence-corrected chi connectivity index (χ3v) is 0.709. The number of carbonyl (C=O) groups excluding carboxylic acids is 1. The standard InChI is InChI=1S/C6H10O2.2C2H5O.3H3N/c1-2-3-4-5-6(7)8;2*1-2-3;;;/h4-5H,2-3H2,1H3,(H,7,8);2*2H2,1H3;3*1H3/q;2*-1;;;/p+2. The molecule has 0 fully saturated rings. The lowest BCUT2D eigenvalue weighted by Gasteiger charge is -1.87. The van der Waals surface area contributed by atoms with Crippen molar-refractivity contribution in [3.8, 4) is 0 Å². The molecule has 0 radical (unpaired) electrons. The molecule has 0 aromatic heterocycles. The molecule has 0 aliphatic carbocycles. The fraction of sp³-hybridized carbons (Fsp3) is 0.700. The van der Waals surface area contributed by atoms with Gasteiger partial charge in [0.1, 0.15) is 0 Å². The molecule has 0 atom stereocenters. The summed E-state index contributed by atoms with van der Waals surface area (Å²) in [5.74, 6) is -1.11.